The monoisotopic (exact) mass is 278 g/mol. The highest BCUT2D eigenvalue weighted by Crippen LogP contribution is 2.05. The highest BCUT2D eigenvalue weighted by atomic mass is 35.5. The summed E-state index contributed by atoms with van der Waals surface area (Å²) in [7, 11) is 0. The molecule has 0 aliphatic carbocycles. The van der Waals surface area contributed by atoms with Crippen LogP contribution in [0.15, 0.2) is 36.4 Å². The highest BCUT2D eigenvalue weighted by molar-refractivity contribution is 6.27. The molecule has 0 spiro atoms. The van der Waals surface area contributed by atoms with Gasteiger partial charge in [0.1, 0.15) is 5.88 Å². The van der Waals surface area contributed by atoms with E-state index < -0.39 is 0 Å². The molecule has 0 bridgehead atoms. The second-order valence-electron chi connectivity index (χ2n) is 4.63. The summed E-state index contributed by atoms with van der Waals surface area (Å²) in [6.07, 6.45) is 4.31. The Labute approximate surface area is 119 Å². The number of carbonyl (C=O) groups is 1. The van der Waals surface area contributed by atoms with Gasteiger partial charge in [-0.15, -0.1) is 11.6 Å². The van der Waals surface area contributed by atoms with Gasteiger partial charge in [-0.25, -0.2) is 0 Å². The first-order valence-corrected chi connectivity index (χ1v) is 7.11. The van der Waals surface area contributed by atoms with Crippen LogP contribution in [-0.2, 0) is 4.79 Å². The van der Waals surface area contributed by atoms with E-state index in [1.165, 1.54) is 5.56 Å². The minimum atomic E-state index is 0.0427. The molecule has 2 rings (SSSR count). The first-order valence-electron chi connectivity index (χ1n) is 6.57. The molecule has 1 amide bonds. The maximum atomic E-state index is 11.4. The molecule has 1 aromatic rings. The van der Waals surface area contributed by atoms with Crippen LogP contribution in [0, 0.1) is 0 Å². The van der Waals surface area contributed by atoms with Crippen LogP contribution in [-0.4, -0.2) is 54.3 Å². The van der Waals surface area contributed by atoms with Crippen LogP contribution in [0.4, 0.5) is 0 Å². The maximum Gasteiger partial charge on any atom is 0.237 e. The molecule has 0 radical (unpaired) electrons. The molecule has 1 aliphatic heterocycles. The minimum absolute atomic E-state index is 0.0427. The molecule has 3 nitrogen and oxygen atoms in total. The van der Waals surface area contributed by atoms with Gasteiger partial charge in [0.05, 0.1) is 0 Å². The summed E-state index contributed by atoms with van der Waals surface area (Å²) >= 11 is 5.56. The van der Waals surface area contributed by atoms with Crippen molar-refractivity contribution in [3.8, 4) is 0 Å². The fourth-order valence-electron chi connectivity index (χ4n) is 2.17. The lowest BCUT2D eigenvalue weighted by molar-refractivity contribution is -0.130. The molecule has 1 saturated heterocycles. The number of benzene rings is 1. The first kappa shape index (κ1) is 14.1. The fourth-order valence-corrected chi connectivity index (χ4v) is 2.34. The van der Waals surface area contributed by atoms with Gasteiger partial charge in [-0.3, -0.25) is 9.69 Å². The van der Waals surface area contributed by atoms with Crippen molar-refractivity contribution < 1.29 is 4.79 Å². The average molecular weight is 279 g/mol. The fraction of sp³-hybridized carbons (Fsp3) is 0.400. The van der Waals surface area contributed by atoms with E-state index >= 15 is 0 Å². The smallest absolute Gasteiger partial charge is 0.237 e. The second-order valence-corrected chi connectivity index (χ2v) is 4.90. The van der Waals surface area contributed by atoms with Crippen LogP contribution >= 0.6 is 11.6 Å². The lowest BCUT2D eigenvalue weighted by atomic mass is 10.2. The number of halogens is 1. The molecule has 19 heavy (non-hydrogen) atoms. The normalized spacial score (nSPS) is 17.0. The van der Waals surface area contributed by atoms with Crippen molar-refractivity contribution >= 4 is 23.6 Å². The van der Waals surface area contributed by atoms with Gasteiger partial charge in [0, 0.05) is 32.7 Å². The van der Waals surface area contributed by atoms with Crippen LogP contribution in [0.3, 0.4) is 0 Å². The third-order valence-electron chi connectivity index (χ3n) is 3.31. The molecule has 0 aromatic heterocycles. The Balaban J connectivity index is 1.74. The van der Waals surface area contributed by atoms with Crippen molar-refractivity contribution in [3.05, 3.63) is 42.0 Å². The van der Waals surface area contributed by atoms with Gasteiger partial charge in [-0.2, -0.15) is 0 Å². The highest BCUT2D eigenvalue weighted by Gasteiger charge is 2.19. The number of amides is 1. The van der Waals surface area contributed by atoms with Crippen LogP contribution in [0.5, 0.6) is 0 Å². The van der Waals surface area contributed by atoms with Crippen LogP contribution in [0.25, 0.3) is 6.08 Å². The Bertz CT molecular complexity index is 425. The van der Waals surface area contributed by atoms with Crippen molar-refractivity contribution in [2.45, 2.75) is 0 Å². The van der Waals surface area contributed by atoms with Gasteiger partial charge in [0.25, 0.3) is 0 Å². The number of piperazine rings is 1. The van der Waals surface area contributed by atoms with E-state index in [2.05, 4.69) is 29.2 Å². The number of rotatable bonds is 4. The van der Waals surface area contributed by atoms with Crippen LogP contribution in [0.1, 0.15) is 5.56 Å². The van der Waals surface area contributed by atoms with Gasteiger partial charge in [0.2, 0.25) is 5.91 Å². The molecule has 0 unspecified atom stereocenters. The largest absolute Gasteiger partial charge is 0.339 e. The van der Waals surface area contributed by atoms with Gasteiger partial charge >= 0.3 is 0 Å². The zero-order valence-electron chi connectivity index (χ0n) is 11.0. The molecule has 4 heteroatoms. The lowest BCUT2D eigenvalue weighted by Crippen LogP contribution is -2.49. The van der Waals surface area contributed by atoms with Gasteiger partial charge < -0.3 is 4.90 Å². The first-order chi connectivity index (χ1) is 9.29. The Morgan fingerprint density at radius 2 is 1.84 bits per heavy atom. The molecule has 1 aliphatic rings. The van der Waals surface area contributed by atoms with E-state index in [0.29, 0.717) is 0 Å². The molecule has 102 valence electrons. The Kier molecular flexibility index (Phi) is 5.43. The average Bonchev–Trinajstić information content (AvgIpc) is 2.48. The molecule has 0 atom stereocenters. The number of nitrogens with zero attached hydrogens (tertiary/aromatic N) is 2. The summed E-state index contributed by atoms with van der Waals surface area (Å²) in [5.41, 5.74) is 1.22. The van der Waals surface area contributed by atoms with E-state index in [-0.39, 0.29) is 11.8 Å². The summed E-state index contributed by atoms with van der Waals surface area (Å²) in [5, 5.41) is 0. The molecule has 1 fully saturated rings. The topological polar surface area (TPSA) is 23.6 Å². The van der Waals surface area contributed by atoms with Crippen LogP contribution < -0.4 is 0 Å². The van der Waals surface area contributed by atoms with Gasteiger partial charge in [0.15, 0.2) is 0 Å². The molecule has 0 saturated carbocycles. The van der Waals surface area contributed by atoms with Crippen molar-refractivity contribution in [1.82, 2.24) is 9.80 Å². The molecule has 0 N–H and O–H groups in total. The van der Waals surface area contributed by atoms with Crippen LogP contribution in [0.2, 0.25) is 0 Å². The van der Waals surface area contributed by atoms with Crippen molar-refractivity contribution in [2.24, 2.45) is 0 Å². The number of hydrogen-bond acceptors (Lipinski definition) is 2. The Hall–Kier alpha value is -1.32. The summed E-state index contributed by atoms with van der Waals surface area (Å²) in [4.78, 5) is 15.6. The minimum Gasteiger partial charge on any atom is -0.339 e. The molecular weight excluding hydrogens is 260 g/mol. The standard InChI is InChI=1S/C15H19ClN2O/c16-13-15(19)18-11-9-17(10-12-18)8-4-7-14-5-2-1-3-6-14/h1-7H,8-13H2/b7-4-. The molecular formula is C15H19ClN2O. The summed E-state index contributed by atoms with van der Waals surface area (Å²) < 4.78 is 0. The Morgan fingerprint density at radius 1 is 1.16 bits per heavy atom. The lowest BCUT2D eigenvalue weighted by Gasteiger charge is -2.33. The van der Waals surface area contributed by atoms with Gasteiger partial charge in [-0.05, 0) is 5.56 Å². The van der Waals surface area contributed by atoms with Crippen molar-refractivity contribution in [3.63, 3.8) is 0 Å². The summed E-state index contributed by atoms with van der Waals surface area (Å²) in [5.74, 6) is 0.134. The zero-order chi connectivity index (χ0) is 13.5. The predicted octanol–water partition coefficient (Wildman–Crippen LogP) is 2.08. The predicted molar refractivity (Wildman–Crippen MR) is 79.2 cm³/mol. The molecule has 1 aromatic carbocycles. The Morgan fingerprint density at radius 3 is 2.47 bits per heavy atom. The summed E-state index contributed by atoms with van der Waals surface area (Å²) in [6, 6.07) is 10.3. The summed E-state index contributed by atoms with van der Waals surface area (Å²) in [6.45, 7) is 4.33. The third-order valence-corrected chi connectivity index (χ3v) is 3.54. The van der Waals surface area contributed by atoms with Crippen molar-refractivity contribution in [2.75, 3.05) is 38.6 Å². The number of hydrogen-bond donors (Lipinski definition) is 0. The van der Waals surface area contributed by atoms with Gasteiger partial charge in [-0.1, -0.05) is 42.5 Å². The van der Waals surface area contributed by atoms with E-state index in [9.17, 15) is 4.79 Å². The quantitative estimate of drug-likeness (QED) is 0.788. The number of alkyl halides is 1. The SMILES string of the molecule is O=C(CCl)N1CCN(C/C=C\c2ccccc2)CC1. The van der Waals surface area contributed by atoms with Crippen molar-refractivity contribution in [1.29, 1.82) is 0 Å². The van der Waals surface area contributed by atoms with E-state index in [1.54, 1.807) is 0 Å². The molecule has 1 heterocycles. The van der Waals surface area contributed by atoms with E-state index in [4.69, 9.17) is 11.6 Å². The van der Waals surface area contributed by atoms with E-state index in [1.807, 2.05) is 23.1 Å². The zero-order valence-corrected chi connectivity index (χ0v) is 11.7. The third kappa shape index (κ3) is 4.37. The second kappa shape index (κ2) is 7.31. The maximum absolute atomic E-state index is 11.4. The van der Waals surface area contributed by atoms with E-state index in [0.717, 1.165) is 32.7 Å². The number of carbonyl (C=O) groups excluding carboxylic acids is 1.